The van der Waals surface area contributed by atoms with Gasteiger partial charge in [0.2, 0.25) is 0 Å². The predicted octanol–water partition coefficient (Wildman–Crippen LogP) is 3.09. The Morgan fingerprint density at radius 3 is 2.71 bits per heavy atom. The Hall–Kier alpha value is -0.470. The smallest absolute Gasteiger partial charge is 0.375 e. The minimum absolute atomic E-state index is 0.111. The quantitative estimate of drug-likeness (QED) is 0.645. The summed E-state index contributed by atoms with van der Waals surface area (Å²) in [6.45, 7) is 0.791. The molecule has 0 bridgehead atoms. The Labute approximate surface area is 106 Å². The number of ether oxygens (including phenoxy) is 1. The van der Waals surface area contributed by atoms with Gasteiger partial charge in [-0.15, -0.1) is 11.8 Å². The molecule has 17 heavy (non-hydrogen) atoms. The molecule has 0 aliphatic rings. The van der Waals surface area contributed by atoms with Crippen molar-refractivity contribution in [3.05, 3.63) is 5.69 Å². The van der Waals surface area contributed by atoms with Crippen LogP contribution in [0.15, 0.2) is 4.21 Å². The van der Waals surface area contributed by atoms with Crippen molar-refractivity contribution in [1.29, 1.82) is 0 Å². The lowest BCUT2D eigenvalue weighted by Gasteiger charge is -2.06. The van der Waals surface area contributed by atoms with Crippen LogP contribution in [-0.2, 0) is 4.74 Å². The van der Waals surface area contributed by atoms with Gasteiger partial charge in [-0.05, 0) is 13.3 Å². The number of hydrogen-bond donors (Lipinski definition) is 1. The molecule has 0 atom stereocenters. The molecule has 1 aromatic heterocycles. The maximum Gasteiger partial charge on any atom is 0.411 e. The summed E-state index contributed by atoms with van der Waals surface area (Å²) >= 11 is 2.93. The molecule has 0 amide bonds. The Kier molecular flexibility index (Phi) is 5.54. The molecule has 0 fully saturated rings. The first kappa shape index (κ1) is 14.6. The zero-order valence-corrected chi connectivity index (χ0v) is 10.8. The molecule has 0 radical (unpaired) electrons. The van der Waals surface area contributed by atoms with Crippen molar-refractivity contribution >= 4 is 28.2 Å². The lowest BCUT2D eigenvalue weighted by atomic mass is 10.5. The van der Waals surface area contributed by atoms with Gasteiger partial charge in [0.15, 0.2) is 5.13 Å². The van der Waals surface area contributed by atoms with Crippen LogP contribution >= 0.6 is 23.1 Å². The van der Waals surface area contributed by atoms with E-state index < -0.39 is 12.8 Å². The molecule has 0 unspecified atom stereocenters. The zero-order chi connectivity index (χ0) is 12.9. The van der Waals surface area contributed by atoms with Gasteiger partial charge < -0.3 is 10.5 Å². The third-order valence-corrected chi connectivity index (χ3v) is 4.14. The molecule has 0 aliphatic heterocycles. The van der Waals surface area contributed by atoms with Crippen LogP contribution in [0.5, 0.6) is 0 Å². The van der Waals surface area contributed by atoms with Crippen LogP contribution in [0, 0.1) is 6.92 Å². The predicted molar refractivity (Wildman–Crippen MR) is 63.5 cm³/mol. The molecular formula is C9H13F3N2OS2. The lowest BCUT2D eigenvalue weighted by Crippen LogP contribution is -2.17. The number of nitrogens with two attached hydrogens (primary N) is 1. The van der Waals surface area contributed by atoms with Gasteiger partial charge in [0.05, 0.1) is 9.90 Å². The second-order valence-electron chi connectivity index (χ2n) is 3.29. The van der Waals surface area contributed by atoms with Crippen LogP contribution < -0.4 is 5.73 Å². The highest BCUT2D eigenvalue weighted by Gasteiger charge is 2.27. The van der Waals surface area contributed by atoms with E-state index >= 15 is 0 Å². The molecule has 3 nitrogen and oxygen atoms in total. The first-order chi connectivity index (χ1) is 7.88. The Morgan fingerprint density at radius 2 is 2.18 bits per heavy atom. The summed E-state index contributed by atoms with van der Waals surface area (Å²) in [6, 6.07) is 0. The van der Waals surface area contributed by atoms with Gasteiger partial charge in [0, 0.05) is 12.4 Å². The van der Waals surface area contributed by atoms with Crippen molar-refractivity contribution < 1.29 is 17.9 Å². The molecule has 8 heteroatoms. The highest BCUT2D eigenvalue weighted by atomic mass is 32.2. The van der Waals surface area contributed by atoms with Crippen molar-refractivity contribution in [2.75, 3.05) is 24.7 Å². The number of rotatable bonds is 6. The van der Waals surface area contributed by atoms with E-state index in [9.17, 15) is 13.2 Å². The summed E-state index contributed by atoms with van der Waals surface area (Å²) in [7, 11) is 0. The second kappa shape index (κ2) is 6.46. The van der Waals surface area contributed by atoms with Gasteiger partial charge in [0.1, 0.15) is 6.61 Å². The van der Waals surface area contributed by atoms with Gasteiger partial charge in [0.25, 0.3) is 0 Å². The summed E-state index contributed by atoms with van der Waals surface area (Å²) in [5, 5.41) is 0.512. The van der Waals surface area contributed by atoms with E-state index in [1.165, 1.54) is 11.3 Å². The fourth-order valence-corrected chi connectivity index (χ4v) is 3.06. The molecule has 0 saturated carbocycles. The number of thioether (sulfide) groups is 1. The van der Waals surface area contributed by atoms with Crippen LogP contribution in [0.4, 0.5) is 18.3 Å². The molecule has 0 spiro atoms. The molecule has 1 rings (SSSR count). The molecule has 0 saturated heterocycles. The maximum absolute atomic E-state index is 11.7. The van der Waals surface area contributed by atoms with E-state index in [1.54, 1.807) is 11.8 Å². The van der Waals surface area contributed by atoms with Crippen LogP contribution in [0.3, 0.4) is 0 Å². The molecule has 1 aromatic rings. The van der Waals surface area contributed by atoms with Crippen LogP contribution in [0.1, 0.15) is 12.1 Å². The van der Waals surface area contributed by atoms with Crippen LogP contribution in [-0.4, -0.2) is 30.1 Å². The normalized spacial score (nSPS) is 12.0. The average Bonchev–Trinajstić information content (AvgIpc) is 2.49. The van der Waals surface area contributed by atoms with E-state index in [0.29, 0.717) is 17.3 Å². The molecule has 2 N–H and O–H groups in total. The standard InChI is InChI=1S/C9H13F3N2OS2/c1-6-7(17-8(13)14-6)16-4-2-3-15-5-9(10,11)12/h2-5H2,1H3,(H2,13,14). The number of nitrogens with zero attached hydrogens (tertiary/aromatic N) is 1. The fraction of sp³-hybridized carbons (Fsp3) is 0.667. The molecular weight excluding hydrogens is 273 g/mol. The first-order valence-electron chi connectivity index (χ1n) is 4.88. The fourth-order valence-electron chi connectivity index (χ4n) is 1.05. The molecule has 1 heterocycles. The van der Waals surface area contributed by atoms with Crippen LogP contribution in [0.2, 0.25) is 0 Å². The summed E-state index contributed by atoms with van der Waals surface area (Å²) in [6.07, 6.45) is -3.67. The third kappa shape index (κ3) is 6.13. The van der Waals surface area contributed by atoms with Crippen molar-refractivity contribution in [2.45, 2.75) is 23.7 Å². The van der Waals surface area contributed by atoms with Crippen molar-refractivity contribution in [2.24, 2.45) is 0 Å². The summed E-state index contributed by atoms with van der Waals surface area (Å²) in [5.41, 5.74) is 6.39. The van der Waals surface area contributed by atoms with Gasteiger partial charge in [-0.2, -0.15) is 13.2 Å². The maximum atomic E-state index is 11.7. The first-order valence-corrected chi connectivity index (χ1v) is 6.69. The largest absolute Gasteiger partial charge is 0.411 e. The number of halogens is 3. The molecule has 98 valence electrons. The summed E-state index contributed by atoms with van der Waals surface area (Å²) in [5.74, 6) is 0.695. The second-order valence-corrected chi connectivity index (χ2v) is 5.69. The number of hydrogen-bond acceptors (Lipinski definition) is 5. The number of thiazole rings is 1. The minimum Gasteiger partial charge on any atom is -0.375 e. The van der Waals surface area contributed by atoms with Crippen LogP contribution in [0.25, 0.3) is 0 Å². The van der Waals surface area contributed by atoms with E-state index in [0.717, 1.165) is 9.90 Å². The van der Waals surface area contributed by atoms with Crippen molar-refractivity contribution in [3.8, 4) is 0 Å². The number of anilines is 1. The summed E-state index contributed by atoms with van der Waals surface area (Å²) < 4.78 is 40.7. The highest BCUT2D eigenvalue weighted by molar-refractivity contribution is 8.01. The molecule has 0 aromatic carbocycles. The van der Waals surface area contributed by atoms with Gasteiger partial charge in [-0.3, -0.25) is 0 Å². The Morgan fingerprint density at radius 1 is 1.47 bits per heavy atom. The topological polar surface area (TPSA) is 48.1 Å². The van der Waals surface area contributed by atoms with Gasteiger partial charge >= 0.3 is 6.18 Å². The number of alkyl halides is 3. The van der Waals surface area contributed by atoms with Gasteiger partial charge in [-0.25, -0.2) is 4.98 Å². The van der Waals surface area contributed by atoms with Crippen molar-refractivity contribution in [3.63, 3.8) is 0 Å². The summed E-state index contributed by atoms with van der Waals surface area (Å²) in [4.78, 5) is 4.05. The number of aryl methyl sites for hydroxylation is 1. The van der Waals surface area contributed by atoms with E-state index in [2.05, 4.69) is 9.72 Å². The number of aromatic nitrogens is 1. The number of nitrogen functional groups attached to an aromatic ring is 1. The molecule has 0 aliphatic carbocycles. The highest BCUT2D eigenvalue weighted by Crippen LogP contribution is 2.30. The Bertz CT molecular complexity index is 355. The zero-order valence-electron chi connectivity index (χ0n) is 9.21. The van der Waals surface area contributed by atoms with E-state index in [1.807, 2.05) is 6.92 Å². The van der Waals surface area contributed by atoms with Gasteiger partial charge in [-0.1, -0.05) is 11.3 Å². The SMILES string of the molecule is Cc1nc(N)sc1SCCCOCC(F)(F)F. The lowest BCUT2D eigenvalue weighted by molar-refractivity contribution is -0.173. The van der Waals surface area contributed by atoms with Crippen molar-refractivity contribution in [1.82, 2.24) is 4.98 Å². The minimum atomic E-state index is -4.24. The third-order valence-electron chi connectivity index (χ3n) is 1.70. The average molecular weight is 286 g/mol. The monoisotopic (exact) mass is 286 g/mol. The Balaban J connectivity index is 2.11. The van der Waals surface area contributed by atoms with E-state index in [4.69, 9.17) is 5.73 Å². The van der Waals surface area contributed by atoms with E-state index in [-0.39, 0.29) is 6.61 Å².